The van der Waals surface area contributed by atoms with Gasteiger partial charge in [0.25, 0.3) is 0 Å². The minimum Gasteiger partial charge on any atom is -0.359 e. The van der Waals surface area contributed by atoms with Gasteiger partial charge in [-0.05, 0) is 61.5 Å². The topological polar surface area (TPSA) is 61.4 Å². The van der Waals surface area contributed by atoms with Crippen LogP contribution < -0.4 is 14.9 Å². The summed E-state index contributed by atoms with van der Waals surface area (Å²) < 4.78 is 24.5. The van der Waals surface area contributed by atoms with Crippen molar-refractivity contribution >= 4 is 38.7 Å². The number of anilines is 2. The molecule has 2 saturated carbocycles. The van der Waals surface area contributed by atoms with Crippen molar-refractivity contribution in [3.8, 4) is 0 Å². The lowest BCUT2D eigenvalue weighted by Gasteiger charge is -2.25. The molecule has 2 aliphatic rings. The number of sulfonamides is 1. The molecule has 1 aromatic carbocycles. The second-order valence-electron chi connectivity index (χ2n) is 6.66. The summed E-state index contributed by atoms with van der Waals surface area (Å²) in [7, 11) is -1.73. The summed E-state index contributed by atoms with van der Waals surface area (Å²) in [6.45, 7) is 0. The molecule has 2 fully saturated rings. The first-order valence-electron chi connectivity index (χ1n) is 7.94. The zero-order chi connectivity index (χ0) is 16.6. The molecule has 7 heteroatoms. The van der Waals surface area contributed by atoms with Gasteiger partial charge >= 0.3 is 0 Å². The van der Waals surface area contributed by atoms with Crippen LogP contribution in [0.2, 0.25) is 0 Å². The third-order valence-corrected chi connectivity index (χ3v) is 6.45. The third-order valence-electron chi connectivity index (χ3n) is 5.02. The van der Waals surface area contributed by atoms with Crippen molar-refractivity contribution in [1.82, 2.24) is 5.32 Å². The van der Waals surface area contributed by atoms with Gasteiger partial charge in [0.15, 0.2) is 5.11 Å². The second kappa shape index (κ2) is 6.28. The van der Waals surface area contributed by atoms with E-state index in [4.69, 9.17) is 12.2 Å². The van der Waals surface area contributed by atoms with Gasteiger partial charge in [0.1, 0.15) is 0 Å². The Labute approximate surface area is 143 Å². The molecule has 23 heavy (non-hydrogen) atoms. The molecule has 0 amide bonds. The van der Waals surface area contributed by atoms with Gasteiger partial charge in [-0.1, -0.05) is 12.5 Å². The number of thiocarbonyl (C=S) groups is 1. The van der Waals surface area contributed by atoms with E-state index in [1.54, 1.807) is 19.2 Å². The van der Waals surface area contributed by atoms with E-state index in [1.807, 2.05) is 12.1 Å². The van der Waals surface area contributed by atoms with Crippen LogP contribution in [-0.2, 0) is 10.0 Å². The van der Waals surface area contributed by atoms with Crippen LogP contribution in [-0.4, -0.2) is 32.9 Å². The van der Waals surface area contributed by atoms with E-state index < -0.39 is 10.0 Å². The average molecular weight is 354 g/mol. The number of hydrogen-bond donors (Lipinski definition) is 2. The van der Waals surface area contributed by atoms with Crippen molar-refractivity contribution < 1.29 is 8.42 Å². The Morgan fingerprint density at radius 3 is 2.70 bits per heavy atom. The zero-order valence-electron chi connectivity index (χ0n) is 13.5. The van der Waals surface area contributed by atoms with Crippen LogP contribution in [0, 0.1) is 11.8 Å². The predicted octanol–water partition coefficient (Wildman–Crippen LogP) is 2.56. The maximum absolute atomic E-state index is 11.6. The normalized spacial score (nSPS) is 26.1. The molecular formula is C16H23N3O2S2. The van der Waals surface area contributed by atoms with E-state index in [0.717, 1.165) is 17.5 Å². The SMILES string of the molecule is CN(c1cccc(NC(=S)N[C@@H]2C[C@@H]3CC[C@@H]2C3)c1)S(C)(=O)=O. The third kappa shape index (κ3) is 3.77. The van der Waals surface area contributed by atoms with E-state index in [1.165, 1.54) is 36.2 Å². The van der Waals surface area contributed by atoms with Gasteiger partial charge in [-0.15, -0.1) is 0 Å². The van der Waals surface area contributed by atoms with Gasteiger partial charge in [-0.2, -0.15) is 0 Å². The molecule has 0 radical (unpaired) electrons. The highest BCUT2D eigenvalue weighted by Gasteiger charge is 2.39. The maximum atomic E-state index is 11.6. The van der Waals surface area contributed by atoms with Gasteiger partial charge < -0.3 is 10.6 Å². The smallest absolute Gasteiger partial charge is 0.231 e. The fourth-order valence-electron chi connectivity index (χ4n) is 3.73. The fourth-order valence-corrected chi connectivity index (χ4v) is 4.49. The van der Waals surface area contributed by atoms with Crippen molar-refractivity contribution in [2.75, 3.05) is 22.9 Å². The summed E-state index contributed by atoms with van der Waals surface area (Å²) in [5.41, 5.74) is 1.40. The van der Waals surface area contributed by atoms with Gasteiger partial charge in [0.05, 0.1) is 11.9 Å². The molecule has 0 heterocycles. The fraction of sp³-hybridized carbons (Fsp3) is 0.562. The van der Waals surface area contributed by atoms with Gasteiger partial charge in [-0.3, -0.25) is 4.31 Å². The standard InChI is InChI=1S/C16H23N3O2S2/c1-19(23(2,20)21)14-5-3-4-13(10-14)17-16(22)18-15-9-11-6-7-12(15)8-11/h3-5,10-12,15H,6-9H2,1-2H3,(H2,17,18,22)/t11-,12-,15-/m1/s1. The van der Waals surface area contributed by atoms with E-state index >= 15 is 0 Å². The molecule has 2 bridgehead atoms. The number of nitrogens with one attached hydrogen (secondary N) is 2. The highest BCUT2D eigenvalue weighted by molar-refractivity contribution is 7.92. The summed E-state index contributed by atoms with van der Waals surface area (Å²) >= 11 is 5.42. The first-order valence-corrected chi connectivity index (χ1v) is 10.2. The van der Waals surface area contributed by atoms with Crippen LogP contribution >= 0.6 is 12.2 Å². The van der Waals surface area contributed by atoms with Crippen LogP contribution in [0.15, 0.2) is 24.3 Å². The summed E-state index contributed by atoms with van der Waals surface area (Å²) in [5.74, 6) is 1.62. The molecule has 2 N–H and O–H groups in total. The highest BCUT2D eigenvalue weighted by atomic mass is 32.2. The van der Waals surface area contributed by atoms with Gasteiger partial charge in [0.2, 0.25) is 10.0 Å². The number of nitrogens with zero attached hydrogens (tertiary/aromatic N) is 1. The minimum absolute atomic E-state index is 0.482. The lowest BCUT2D eigenvalue weighted by molar-refractivity contribution is 0.392. The van der Waals surface area contributed by atoms with Crippen molar-refractivity contribution in [2.24, 2.45) is 11.8 Å². The lowest BCUT2D eigenvalue weighted by Crippen LogP contribution is -2.40. The second-order valence-corrected chi connectivity index (χ2v) is 9.08. The number of benzene rings is 1. The highest BCUT2D eigenvalue weighted by Crippen LogP contribution is 2.44. The van der Waals surface area contributed by atoms with E-state index in [-0.39, 0.29) is 0 Å². The molecule has 0 aromatic heterocycles. The van der Waals surface area contributed by atoms with Crippen LogP contribution in [0.4, 0.5) is 11.4 Å². The largest absolute Gasteiger partial charge is 0.359 e. The Hall–Kier alpha value is -1.34. The van der Waals surface area contributed by atoms with Crippen LogP contribution in [0.5, 0.6) is 0 Å². The Bertz CT molecular complexity index is 705. The molecular weight excluding hydrogens is 330 g/mol. The monoisotopic (exact) mass is 353 g/mol. The predicted molar refractivity (Wildman–Crippen MR) is 98.3 cm³/mol. The van der Waals surface area contributed by atoms with E-state index in [0.29, 0.717) is 16.8 Å². The Kier molecular flexibility index (Phi) is 4.51. The number of fused-ring (bicyclic) bond motifs is 2. The Morgan fingerprint density at radius 1 is 1.30 bits per heavy atom. The molecule has 1 aromatic rings. The quantitative estimate of drug-likeness (QED) is 0.815. The Morgan fingerprint density at radius 2 is 2.09 bits per heavy atom. The zero-order valence-corrected chi connectivity index (χ0v) is 15.1. The Balaban J connectivity index is 1.62. The molecule has 0 spiro atoms. The average Bonchev–Trinajstić information content (AvgIpc) is 3.08. The van der Waals surface area contributed by atoms with E-state index in [2.05, 4.69) is 10.6 Å². The van der Waals surface area contributed by atoms with Crippen LogP contribution in [0.1, 0.15) is 25.7 Å². The summed E-state index contributed by atoms with van der Waals surface area (Å²) in [6.07, 6.45) is 6.40. The summed E-state index contributed by atoms with van der Waals surface area (Å²) in [6, 6.07) is 7.73. The number of rotatable bonds is 4. The molecule has 2 aliphatic carbocycles. The van der Waals surface area contributed by atoms with Crippen LogP contribution in [0.3, 0.4) is 0 Å². The first kappa shape index (κ1) is 16.5. The molecule has 3 rings (SSSR count). The van der Waals surface area contributed by atoms with Crippen molar-refractivity contribution in [1.29, 1.82) is 0 Å². The molecule has 3 atom stereocenters. The molecule has 0 saturated heterocycles. The molecule has 5 nitrogen and oxygen atoms in total. The lowest BCUT2D eigenvalue weighted by atomic mass is 9.96. The van der Waals surface area contributed by atoms with Gasteiger partial charge in [0, 0.05) is 18.8 Å². The summed E-state index contributed by atoms with van der Waals surface area (Å²) in [4.78, 5) is 0. The molecule has 126 valence electrons. The van der Waals surface area contributed by atoms with Crippen molar-refractivity contribution in [3.05, 3.63) is 24.3 Å². The maximum Gasteiger partial charge on any atom is 0.231 e. The minimum atomic E-state index is -3.27. The first-order chi connectivity index (χ1) is 10.8. The number of hydrogen-bond acceptors (Lipinski definition) is 3. The molecule has 0 aliphatic heterocycles. The summed E-state index contributed by atoms with van der Waals surface area (Å²) in [5, 5.41) is 7.21. The van der Waals surface area contributed by atoms with E-state index in [9.17, 15) is 8.42 Å². The van der Waals surface area contributed by atoms with Crippen molar-refractivity contribution in [2.45, 2.75) is 31.7 Å². The van der Waals surface area contributed by atoms with Crippen LogP contribution in [0.25, 0.3) is 0 Å². The molecule has 0 unspecified atom stereocenters. The van der Waals surface area contributed by atoms with Gasteiger partial charge in [-0.25, -0.2) is 8.42 Å². The van der Waals surface area contributed by atoms with Crippen molar-refractivity contribution in [3.63, 3.8) is 0 Å².